The summed E-state index contributed by atoms with van der Waals surface area (Å²) in [7, 11) is 3.18. The SMILES string of the molecule is COc1ccc([C@H]2C3=C(C[C@H](c4cccs4)CC3=O)Nc3[nH]n(-c4ccccc4)c(=O)c32)c(OC)c1. The van der Waals surface area contributed by atoms with Crippen molar-refractivity contribution in [1.29, 1.82) is 0 Å². The molecule has 2 aromatic heterocycles. The number of Topliss-reactive ketones (excluding diaryl/α,β-unsaturated/α-hetero) is 1. The van der Waals surface area contributed by atoms with Gasteiger partial charge in [0.1, 0.15) is 17.3 Å². The van der Waals surface area contributed by atoms with Gasteiger partial charge in [-0.2, -0.15) is 0 Å². The molecule has 36 heavy (non-hydrogen) atoms. The van der Waals surface area contributed by atoms with E-state index < -0.39 is 5.92 Å². The first-order valence-electron chi connectivity index (χ1n) is 11.8. The van der Waals surface area contributed by atoms with Crippen molar-refractivity contribution in [2.45, 2.75) is 24.7 Å². The number of carbonyl (C=O) groups is 1. The Kier molecular flexibility index (Phi) is 5.53. The first-order valence-corrected chi connectivity index (χ1v) is 12.7. The van der Waals surface area contributed by atoms with E-state index in [1.54, 1.807) is 31.6 Å². The topological polar surface area (TPSA) is 85.4 Å². The maximum absolute atomic E-state index is 13.8. The van der Waals surface area contributed by atoms with E-state index >= 15 is 0 Å². The highest BCUT2D eigenvalue weighted by atomic mass is 32.1. The van der Waals surface area contributed by atoms with Crippen LogP contribution in [0.15, 0.2) is 82.1 Å². The minimum absolute atomic E-state index is 0.0440. The van der Waals surface area contributed by atoms with Crippen LogP contribution in [0.2, 0.25) is 0 Å². The van der Waals surface area contributed by atoms with E-state index in [-0.39, 0.29) is 17.3 Å². The maximum Gasteiger partial charge on any atom is 0.277 e. The molecule has 0 spiro atoms. The number of fused-ring (bicyclic) bond motifs is 1. The maximum atomic E-state index is 13.8. The zero-order chi connectivity index (χ0) is 24.8. The van der Waals surface area contributed by atoms with Crippen LogP contribution in [0.1, 0.15) is 40.7 Å². The van der Waals surface area contributed by atoms with Gasteiger partial charge in [-0.1, -0.05) is 30.3 Å². The van der Waals surface area contributed by atoms with Crippen molar-refractivity contribution in [3.63, 3.8) is 0 Å². The molecule has 0 unspecified atom stereocenters. The van der Waals surface area contributed by atoms with Gasteiger partial charge in [-0.3, -0.25) is 14.7 Å². The first-order chi connectivity index (χ1) is 17.6. The number of hydrogen-bond acceptors (Lipinski definition) is 6. The molecule has 3 heterocycles. The van der Waals surface area contributed by atoms with Gasteiger partial charge in [0.2, 0.25) is 0 Å². The number of aromatic amines is 1. The number of nitrogens with one attached hydrogen (secondary N) is 2. The number of benzene rings is 2. The highest BCUT2D eigenvalue weighted by Gasteiger charge is 2.42. The Morgan fingerprint density at radius 3 is 2.53 bits per heavy atom. The van der Waals surface area contributed by atoms with Crippen molar-refractivity contribution in [3.8, 4) is 17.2 Å². The normalized spacial score (nSPS) is 18.9. The predicted molar refractivity (Wildman–Crippen MR) is 140 cm³/mol. The molecule has 8 heteroatoms. The summed E-state index contributed by atoms with van der Waals surface area (Å²) >= 11 is 1.67. The van der Waals surface area contributed by atoms with Crippen LogP contribution in [0.25, 0.3) is 5.69 Å². The summed E-state index contributed by atoms with van der Waals surface area (Å²) in [6, 6.07) is 19.0. The van der Waals surface area contributed by atoms with Crippen molar-refractivity contribution in [3.05, 3.63) is 104 Å². The summed E-state index contributed by atoms with van der Waals surface area (Å²) in [4.78, 5) is 28.8. The minimum Gasteiger partial charge on any atom is -0.497 e. The molecule has 0 bridgehead atoms. The number of nitrogens with zero attached hydrogens (tertiary/aromatic N) is 1. The number of para-hydroxylation sites is 1. The van der Waals surface area contributed by atoms with Crippen LogP contribution >= 0.6 is 11.3 Å². The molecule has 2 aromatic carbocycles. The van der Waals surface area contributed by atoms with Crippen molar-refractivity contribution in [2.24, 2.45) is 0 Å². The fraction of sp³-hybridized carbons (Fsp3) is 0.214. The molecule has 2 aliphatic rings. The van der Waals surface area contributed by atoms with Gasteiger partial charge in [-0.25, -0.2) is 4.68 Å². The molecule has 182 valence electrons. The van der Waals surface area contributed by atoms with Crippen LogP contribution in [-0.2, 0) is 4.79 Å². The summed E-state index contributed by atoms with van der Waals surface area (Å²) in [5.74, 6) is 1.39. The smallest absolute Gasteiger partial charge is 0.277 e. The van der Waals surface area contributed by atoms with E-state index in [1.165, 1.54) is 9.56 Å². The number of ketones is 1. The van der Waals surface area contributed by atoms with E-state index in [0.717, 1.165) is 16.9 Å². The Morgan fingerprint density at radius 1 is 0.972 bits per heavy atom. The molecule has 2 atom stereocenters. The summed E-state index contributed by atoms with van der Waals surface area (Å²) in [6.45, 7) is 0. The fourth-order valence-corrected chi connectivity index (χ4v) is 6.17. The van der Waals surface area contributed by atoms with Gasteiger partial charge in [0.15, 0.2) is 5.78 Å². The zero-order valence-corrected chi connectivity index (χ0v) is 20.7. The lowest BCUT2D eigenvalue weighted by Crippen LogP contribution is -2.32. The van der Waals surface area contributed by atoms with Gasteiger partial charge in [0, 0.05) is 40.1 Å². The van der Waals surface area contributed by atoms with Gasteiger partial charge in [0.05, 0.1) is 31.4 Å². The molecule has 6 rings (SSSR count). The number of hydrogen-bond donors (Lipinski definition) is 2. The molecule has 1 aliphatic carbocycles. The average Bonchev–Trinajstić information content (AvgIpc) is 3.56. The largest absolute Gasteiger partial charge is 0.497 e. The number of methoxy groups -OCH3 is 2. The number of anilines is 1. The van der Waals surface area contributed by atoms with Crippen molar-refractivity contribution >= 4 is 22.9 Å². The molecule has 0 radical (unpaired) electrons. The lowest BCUT2D eigenvalue weighted by atomic mass is 9.73. The third-order valence-corrected chi connectivity index (χ3v) is 8.03. The lowest BCUT2D eigenvalue weighted by molar-refractivity contribution is -0.116. The summed E-state index contributed by atoms with van der Waals surface area (Å²) < 4.78 is 12.7. The third kappa shape index (κ3) is 3.56. The van der Waals surface area contributed by atoms with Crippen molar-refractivity contribution in [1.82, 2.24) is 9.78 Å². The van der Waals surface area contributed by atoms with Gasteiger partial charge in [0.25, 0.3) is 5.56 Å². The molecule has 4 aromatic rings. The molecular formula is C28H25N3O4S. The molecule has 0 fully saturated rings. The van der Waals surface area contributed by atoms with E-state index in [9.17, 15) is 9.59 Å². The van der Waals surface area contributed by atoms with Crippen LogP contribution in [0.4, 0.5) is 5.82 Å². The molecule has 2 N–H and O–H groups in total. The summed E-state index contributed by atoms with van der Waals surface area (Å²) in [6.07, 6.45) is 1.09. The predicted octanol–water partition coefficient (Wildman–Crippen LogP) is 5.20. The number of carbonyl (C=O) groups excluding carboxylic acids is 1. The Bertz CT molecular complexity index is 1530. The second kappa shape index (κ2) is 8.87. The Balaban J connectivity index is 1.56. The fourth-order valence-electron chi connectivity index (χ4n) is 5.34. The molecular weight excluding hydrogens is 474 g/mol. The monoisotopic (exact) mass is 499 g/mol. The van der Waals surface area contributed by atoms with Gasteiger partial charge < -0.3 is 14.8 Å². The highest BCUT2D eigenvalue weighted by molar-refractivity contribution is 7.10. The number of allylic oxidation sites excluding steroid dienone is 2. The van der Waals surface area contributed by atoms with Crippen LogP contribution in [0.3, 0.4) is 0 Å². The number of H-pyrrole nitrogens is 1. The first kappa shape index (κ1) is 22.4. The second-order valence-electron chi connectivity index (χ2n) is 8.98. The molecule has 0 saturated heterocycles. The number of aromatic nitrogens is 2. The number of rotatable bonds is 5. The van der Waals surface area contributed by atoms with Gasteiger partial charge in [-0.15, -0.1) is 11.3 Å². The van der Waals surface area contributed by atoms with Crippen LogP contribution in [0, 0.1) is 0 Å². The van der Waals surface area contributed by atoms with Crippen molar-refractivity contribution in [2.75, 3.05) is 19.5 Å². The second-order valence-corrected chi connectivity index (χ2v) is 9.96. The van der Waals surface area contributed by atoms with Crippen molar-refractivity contribution < 1.29 is 14.3 Å². The van der Waals surface area contributed by atoms with Crippen LogP contribution < -0.4 is 20.3 Å². The highest BCUT2D eigenvalue weighted by Crippen LogP contribution is 2.49. The van der Waals surface area contributed by atoms with Crippen LogP contribution in [-0.4, -0.2) is 29.8 Å². The van der Waals surface area contributed by atoms with Crippen LogP contribution in [0.5, 0.6) is 11.5 Å². The van der Waals surface area contributed by atoms with Gasteiger partial charge in [-0.05, 0) is 36.1 Å². The summed E-state index contributed by atoms with van der Waals surface area (Å²) in [5, 5.41) is 8.73. The zero-order valence-electron chi connectivity index (χ0n) is 19.9. The minimum atomic E-state index is -0.567. The van der Waals surface area contributed by atoms with Gasteiger partial charge >= 0.3 is 0 Å². The third-order valence-electron chi connectivity index (χ3n) is 7.00. The Labute approximate surface area is 212 Å². The summed E-state index contributed by atoms with van der Waals surface area (Å²) in [5.41, 5.74) is 3.26. The standard InChI is InChI=1S/C28H25N3O4S/c1-34-18-10-11-19(22(15-18)35-2)24-25-20(13-16(14-21(25)32)23-9-6-12-36-23)29-27-26(24)28(33)31(30-27)17-7-4-3-5-8-17/h3-12,15-16,24,29-30H,13-14H2,1-2H3/t16-,24-/m0/s1. The number of thiophene rings is 1. The molecule has 0 amide bonds. The van der Waals surface area contributed by atoms with E-state index in [0.29, 0.717) is 41.3 Å². The van der Waals surface area contributed by atoms with E-state index in [2.05, 4.69) is 16.5 Å². The lowest BCUT2D eigenvalue weighted by Gasteiger charge is -2.34. The average molecular weight is 500 g/mol. The molecule has 1 aliphatic heterocycles. The number of ether oxygens (including phenoxy) is 2. The Morgan fingerprint density at radius 2 is 1.81 bits per heavy atom. The van der Waals surface area contributed by atoms with E-state index in [4.69, 9.17) is 9.47 Å². The molecule has 0 saturated carbocycles. The Hall–Kier alpha value is -4.04. The molecule has 7 nitrogen and oxygen atoms in total. The van der Waals surface area contributed by atoms with E-state index in [1.807, 2.05) is 53.9 Å². The quantitative estimate of drug-likeness (QED) is 0.394.